The van der Waals surface area contributed by atoms with Crippen LogP contribution in [0.1, 0.15) is 94.8 Å². The maximum Gasteiger partial charge on any atom is 0.224 e. The van der Waals surface area contributed by atoms with Gasteiger partial charge in [-0.2, -0.15) is 0 Å². The van der Waals surface area contributed by atoms with Crippen molar-refractivity contribution in [1.82, 2.24) is 4.90 Å². The van der Waals surface area contributed by atoms with Crippen LogP contribution < -0.4 is 16.4 Å². The molecule has 0 spiro atoms. The fraction of sp³-hybridized carbons (Fsp3) is 0.487. The van der Waals surface area contributed by atoms with E-state index >= 15 is 0 Å². The largest absolute Gasteiger partial charge is 0.397 e. The van der Waals surface area contributed by atoms with Gasteiger partial charge < -0.3 is 30.9 Å². The molecule has 6 rings (SSSR count). The molecular formula is C39H50N4O5. The first-order chi connectivity index (χ1) is 23.0. The smallest absolute Gasteiger partial charge is 0.224 e. The maximum atomic E-state index is 12.7. The molecule has 3 aromatic carbocycles. The summed E-state index contributed by atoms with van der Waals surface area (Å²) in [7, 11) is 0. The summed E-state index contributed by atoms with van der Waals surface area (Å²) in [6.07, 6.45) is 4.62. The Morgan fingerprint density at radius 2 is 1.58 bits per heavy atom. The lowest BCUT2D eigenvalue weighted by Crippen LogP contribution is -2.42. The molecule has 5 N–H and O–H groups in total. The van der Waals surface area contributed by atoms with E-state index < -0.39 is 6.29 Å². The van der Waals surface area contributed by atoms with Crippen molar-refractivity contribution in [2.75, 3.05) is 29.5 Å². The van der Waals surface area contributed by atoms with Crippen LogP contribution in [0.5, 0.6) is 0 Å². The van der Waals surface area contributed by atoms with Crippen molar-refractivity contribution in [3.8, 4) is 0 Å². The molecule has 1 aliphatic carbocycles. The van der Waals surface area contributed by atoms with Crippen LogP contribution in [0.2, 0.25) is 0 Å². The molecule has 2 bridgehead atoms. The van der Waals surface area contributed by atoms with Gasteiger partial charge in [-0.05, 0) is 71.9 Å². The number of anilines is 3. The molecule has 3 fully saturated rings. The van der Waals surface area contributed by atoms with Crippen LogP contribution in [0.15, 0.2) is 72.8 Å². The molecule has 0 aromatic heterocycles. The normalized spacial score (nSPS) is 26.6. The highest BCUT2D eigenvalue weighted by atomic mass is 16.7. The number of benzene rings is 3. The number of hydrogen-bond acceptors (Lipinski definition) is 7. The first-order valence-corrected chi connectivity index (χ1v) is 17.3. The van der Waals surface area contributed by atoms with Crippen LogP contribution in [0.25, 0.3) is 0 Å². The fourth-order valence-corrected chi connectivity index (χ4v) is 8.26. The van der Waals surface area contributed by atoms with E-state index in [9.17, 15) is 14.7 Å². The number of nitrogens with one attached hydrogen (secondary N) is 2. The monoisotopic (exact) mass is 654 g/mol. The number of rotatable bonds is 11. The molecule has 0 radical (unpaired) electrons. The van der Waals surface area contributed by atoms with Crippen molar-refractivity contribution in [3.05, 3.63) is 89.5 Å². The molecular weight excluding hydrogens is 604 g/mol. The Labute approximate surface area is 284 Å². The van der Waals surface area contributed by atoms with Gasteiger partial charge in [0.2, 0.25) is 11.8 Å². The average molecular weight is 655 g/mol. The third-order valence-electron chi connectivity index (χ3n) is 10.1. The Bertz CT molecular complexity index is 1580. The van der Waals surface area contributed by atoms with Gasteiger partial charge >= 0.3 is 0 Å². The summed E-state index contributed by atoms with van der Waals surface area (Å²) in [5, 5.41) is 15.3. The molecule has 2 saturated heterocycles. The second-order valence-corrected chi connectivity index (χ2v) is 15.2. The van der Waals surface area contributed by atoms with Crippen molar-refractivity contribution in [2.45, 2.75) is 96.9 Å². The molecule has 5 unspecified atom stereocenters. The number of hydrogen-bond donors (Lipinski definition) is 4. The second-order valence-electron chi connectivity index (χ2n) is 15.2. The minimum atomic E-state index is -0.554. The van der Waals surface area contributed by atoms with E-state index in [2.05, 4.69) is 36.3 Å². The summed E-state index contributed by atoms with van der Waals surface area (Å²) < 4.78 is 13.3. The van der Waals surface area contributed by atoms with Gasteiger partial charge in [0.25, 0.3) is 0 Å². The zero-order chi connectivity index (χ0) is 33.9. The predicted molar refractivity (Wildman–Crippen MR) is 188 cm³/mol. The lowest BCUT2D eigenvalue weighted by atomic mass is 9.65. The van der Waals surface area contributed by atoms with E-state index in [1.54, 1.807) is 12.1 Å². The van der Waals surface area contributed by atoms with Crippen molar-refractivity contribution < 1.29 is 24.2 Å². The first kappa shape index (κ1) is 34.1. The molecule has 3 aliphatic rings. The number of amides is 2. The predicted octanol–water partition coefficient (Wildman–Crippen LogP) is 6.95. The number of nitrogen functional groups attached to an aromatic ring is 1. The topological polar surface area (TPSA) is 126 Å². The van der Waals surface area contributed by atoms with Crippen LogP contribution in [0, 0.1) is 10.8 Å². The van der Waals surface area contributed by atoms with E-state index in [1.165, 1.54) is 19.3 Å². The highest BCUT2D eigenvalue weighted by Gasteiger charge is 2.50. The number of fused-ring (bicyclic) bond motifs is 2. The van der Waals surface area contributed by atoms with Gasteiger partial charge in [-0.25, -0.2) is 0 Å². The van der Waals surface area contributed by atoms with Gasteiger partial charge in [-0.3, -0.25) is 14.5 Å². The first-order valence-electron chi connectivity index (χ1n) is 17.3. The third kappa shape index (κ3) is 8.44. The fourth-order valence-electron chi connectivity index (χ4n) is 8.26. The SMILES string of the molecule is CC1(C)CC2CC(C)(CN2CC2CC(c3ccc(CO)cc3)OC(c3ccc(NC(=O)CCCC(=O)Nc4ccccc4N)cc3)O2)C1. The van der Waals surface area contributed by atoms with Crippen LogP contribution in [-0.4, -0.2) is 47.1 Å². The zero-order valence-corrected chi connectivity index (χ0v) is 28.4. The summed E-state index contributed by atoms with van der Waals surface area (Å²) in [4.78, 5) is 27.6. The number of aliphatic hydroxyl groups excluding tert-OH is 1. The summed E-state index contributed by atoms with van der Waals surface area (Å²) in [6.45, 7) is 9.23. The van der Waals surface area contributed by atoms with Gasteiger partial charge in [0.05, 0.1) is 30.2 Å². The van der Waals surface area contributed by atoms with Gasteiger partial charge in [0.15, 0.2) is 6.29 Å². The maximum absolute atomic E-state index is 12.7. The molecule has 2 heterocycles. The molecule has 5 atom stereocenters. The van der Waals surface area contributed by atoms with Gasteiger partial charge in [0.1, 0.15) is 0 Å². The van der Waals surface area contributed by atoms with E-state index in [4.69, 9.17) is 15.2 Å². The molecule has 48 heavy (non-hydrogen) atoms. The number of carbonyl (C=O) groups is 2. The molecule has 2 aliphatic heterocycles. The van der Waals surface area contributed by atoms with Crippen molar-refractivity contribution in [3.63, 3.8) is 0 Å². The number of aliphatic hydroxyl groups is 1. The Kier molecular flexibility index (Phi) is 10.2. The lowest BCUT2D eigenvalue weighted by molar-refractivity contribution is -0.253. The standard InChI is InChI=1S/C39H50N4O5/c1-38(2)20-30-21-39(3,24-38)25-43(30)22-31-19-34(27-13-11-26(23-44)12-14-27)48-37(47-31)28-15-17-29(18-16-28)41-35(45)9-6-10-36(46)42-33-8-5-4-7-32(33)40/h4-5,7-8,11-18,30-31,34,37,44H,6,9-10,19-25,40H2,1-3H3,(H,41,45)(H,42,46). The van der Waals surface area contributed by atoms with Crippen LogP contribution in [0.3, 0.4) is 0 Å². The van der Waals surface area contributed by atoms with Crippen molar-refractivity contribution in [2.24, 2.45) is 10.8 Å². The Morgan fingerprint density at radius 1 is 0.896 bits per heavy atom. The molecule has 2 amide bonds. The highest BCUT2D eigenvalue weighted by Crippen LogP contribution is 2.53. The molecule has 3 aromatic rings. The Balaban J connectivity index is 1.07. The number of para-hydroxylation sites is 2. The highest BCUT2D eigenvalue weighted by molar-refractivity contribution is 5.94. The number of carbonyl (C=O) groups excluding carboxylic acids is 2. The summed E-state index contributed by atoms with van der Waals surface area (Å²) in [5.74, 6) is -0.330. The van der Waals surface area contributed by atoms with Crippen LogP contribution >= 0.6 is 0 Å². The number of nitrogens with two attached hydrogens (primary N) is 1. The molecule has 9 heteroatoms. The van der Waals surface area contributed by atoms with Crippen LogP contribution in [0.4, 0.5) is 17.1 Å². The lowest BCUT2D eigenvalue weighted by Gasteiger charge is -2.41. The molecule has 256 valence electrons. The molecule has 1 saturated carbocycles. The summed E-state index contributed by atoms with van der Waals surface area (Å²) >= 11 is 0. The Hall–Kier alpha value is -3.76. The van der Waals surface area contributed by atoms with E-state index in [0.29, 0.717) is 40.4 Å². The van der Waals surface area contributed by atoms with E-state index in [0.717, 1.165) is 36.2 Å². The number of nitrogens with zero attached hydrogens (tertiary/aromatic N) is 1. The van der Waals surface area contributed by atoms with E-state index in [-0.39, 0.29) is 43.5 Å². The van der Waals surface area contributed by atoms with Gasteiger partial charge in [0, 0.05) is 49.6 Å². The van der Waals surface area contributed by atoms with Crippen molar-refractivity contribution >= 4 is 28.9 Å². The Morgan fingerprint density at radius 3 is 2.29 bits per heavy atom. The second kappa shape index (κ2) is 14.4. The number of ether oxygens (including phenoxy) is 2. The van der Waals surface area contributed by atoms with Gasteiger partial charge in [-0.1, -0.05) is 69.3 Å². The van der Waals surface area contributed by atoms with Crippen molar-refractivity contribution in [1.29, 1.82) is 0 Å². The van der Waals surface area contributed by atoms with Gasteiger partial charge in [-0.15, -0.1) is 0 Å². The third-order valence-corrected chi connectivity index (χ3v) is 10.1. The minimum absolute atomic E-state index is 0.00718. The quantitative estimate of drug-likeness (QED) is 0.165. The molecule has 9 nitrogen and oxygen atoms in total. The summed E-state index contributed by atoms with van der Waals surface area (Å²) in [6, 6.07) is 23.3. The van der Waals surface area contributed by atoms with Crippen LogP contribution in [-0.2, 0) is 25.7 Å². The average Bonchev–Trinajstić information content (AvgIpc) is 3.29. The van der Waals surface area contributed by atoms with E-state index in [1.807, 2.05) is 60.7 Å². The zero-order valence-electron chi connectivity index (χ0n) is 28.4. The minimum Gasteiger partial charge on any atom is -0.397 e. The number of likely N-dealkylation sites (tertiary alicyclic amines) is 1. The summed E-state index contributed by atoms with van der Waals surface area (Å²) in [5.41, 5.74) is 11.2.